The Morgan fingerprint density at radius 1 is 1.24 bits per heavy atom. The standard InChI is InChI=1S/C18H29ClN2/c1-3-14(20)13-16-17(19)11-8-12-18(16)21(4-2)15-9-6-5-7-10-15/h8,11-12,14-15H,3-7,9-10,13,20H2,1-2H3. The van der Waals surface area contributed by atoms with Gasteiger partial charge in [0, 0.05) is 29.3 Å². The van der Waals surface area contributed by atoms with Gasteiger partial charge >= 0.3 is 0 Å². The zero-order valence-corrected chi connectivity index (χ0v) is 14.2. The second-order valence-electron chi connectivity index (χ2n) is 6.19. The average molecular weight is 309 g/mol. The van der Waals surface area contributed by atoms with Crippen molar-refractivity contribution < 1.29 is 0 Å². The van der Waals surface area contributed by atoms with Crippen molar-refractivity contribution >= 4 is 17.3 Å². The monoisotopic (exact) mass is 308 g/mol. The highest BCUT2D eigenvalue weighted by Gasteiger charge is 2.23. The molecule has 0 amide bonds. The molecule has 2 nitrogen and oxygen atoms in total. The van der Waals surface area contributed by atoms with Crippen LogP contribution < -0.4 is 10.6 Å². The van der Waals surface area contributed by atoms with E-state index in [0.717, 1.165) is 24.4 Å². The molecule has 1 saturated carbocycles. The van der Waals surface area contributed by atoms with Crippen molar-refractivity contribution in [1.82, 2.24) is 0 Å². The summed E-state index contributed by atoms with van der Waals surface area (Å²) in [6.45, 7) is 5.43. The van der Waals surface area contributed by atoms with Crippen molar-refractivity contribution in [3.63, 3.8) is 0 Å². The molecule has 118 valence electrons. The molecule has 0 saturated heterocycles. The van der Waals surface area contributed by atoms with E-state index in [2.05, 4.69) is 30.9 Å². The van der Waals surface area contributed by atoms with Crippen LogP contribution in [0.4, 0.5) is 5.69 Å². The largest absolute Gasteiger partial charge is 0.369 e. The van der Waals surface area contributed by atoms with Crippen LogP contribution in [0.15, 0.2) is 18.2 Å². The Hall–Kier alpha value is -0.730. The molecule has 0 aromatic heterocycles. The first-order valence-electron chi connectivity index (χ1n) is 8.47. The first-order chi connectivity index (χ1) is 10.2. The van der Waals surface area contributed by atoms with Gasteiger partial charge in [-0.3, -0.25) is 0 Å². The van der Waals surface area contributed by atoms with Gasteiger partial charge in [-0.1, -0.05) is 43.9 Å². The quantitative estimate of drug-likeness (QED) is 0.819. The van der Waals surface area contributed by atoms with Gasteiger partial charge in [0.15, 0.2) is 0 Å². The summed E-state index contributed by atoms with van der Waals surface area (Å²) >= 11 is 6.49. The van der Waals surface area contributed by atoms with Crippen LogP contribution in [0.3, 0.4) is 0 Å². The van der Waals surface area contributed by atoms with Gasteiger partial charge in [0.25, 0.3) is 0 Å². The van der Waals surface area contributed by atoms with Gasteiger partial charge in [0.05, 0.1) is 0 Å². The van der Waals surface area contributed by atoms with E-state index < -0.39 is 0 Å². The Morgan fingerprint density at radius 2 is 1.95 bits per heavy atom. The smallest absolute Gasteiger partial charge is 0.0459 e. The molecule has 2 N–H and O–H groups in total. The molecule has 0 radical (unpaired) electrons. The molecule has 0 spiro atoms. The van der Waals surface area contributed by atoms with Gasteiger partial charge < -0.3 is 10.6 Å². The van der Waals surface area contributed by atoms with Gasteiger partial charge in [-0.2, -0.15) is 0 Å². The Kier molecular flexibility index (Phi) is 6.38. The number of hydrogen-bond donors (Lipinski definition) is 1. The van der Waals surface area contributed by atoms with Crippen LogP contribution in [0.2, 0.25) is 5.02 Å². The molecule has 1 aliphatic rings. The highest BCUT2D eigenvalue weighted by Crippen LogP contribution is 2.33. The van der Waals surface area contributed by atoms with E-state index in [1.165, 1.54) is 43.4 Å². The second kappa shape index (κ2) is 8.05. The van der Waals surface area contributed by atoms with Gasteiger partial charge in [0.1, 0.15) is 0 Å². The van der Waals surface area contributed by atoms with Crippen LogP contribution in [0.25, 0.3) is 0 Å². The van der Waals surface area contributed by atoms with E-state index in [1.54, 1.807) is 0 Å². The lowest BCUT2D eigenvalue weighted by Gasteiger charge is -2.37. The third-order valence-electron chi connectivity index (χ3n) is 4.75. The number of nitrogens with two attached hydrogens (primary N) is 1. The van der Waals surface area contributed by atoms with Crippen LogP contribution in [-0.4, -0.2) is 18.6 Å². The summed E-state index contributed by atoms with van der Waals surface area (Å²) in [7, 11) is 0. The molecule has 0 aliphatic heterocycles. The zero-order valence-electron chi connectivity index (χ0n) is 13.4. The first kappa shape index (κ1) is 16.6. The van der Waals surface area contributed by atoms with E-state index in [1.807, 2.05) is 6.07 Å². The molecule has 1 unspecified atom stereocenters. The molecule has 1 aliphatic carbocycles. The van der Waals surface area contributed by atoms with Crippen molar-refractivity contribution in [3.05, 3.63) is 28.8 Å². The Balaban J connectivity index is 2.29. The van der Waals surface area contributed by atoms with E-state index >= 15 is 0 Å². The summed E-state index contributed by atoms with van der Waals surface area (Å²) in [5, 5.41) is 0.866. The van der Waals surface area contributed by atoms with Crippen LogP contribution in [0.5, 0.6) is 0 Å². The maximum absolute atomic E-state index is 6.49. The van der Waals surface area contributed by atoms with E-state index in [4.69, 9.17) is 17.3 Å². The molecular weight excluding hydrogens is 280 g/mol. The maximum atomic E-state index is 6.49. The zero-order chi connectivity index (χ0) is 15.2. The minimum absolute atomic E-state index is 0.189. The molecule has 1 atom stereocenters. The third kappa shape index (κ3) is 4.14. The molecule has 0 bridgehead atoms. The molecule has 21 heavy (non-hydrogen) atoms. The third-order valence-corrected chi connectivity index (χ3v) is 5.10. The lowest BCUT2D eigenvalue weighted by Crippen LogP contribution is -2.37. The summed E-state index contributed by atoms with van der Waals surface area (Å²) in [6, 6.07) is 7.15. The number of benzene rings is 1. The Bertz CT molecular complexity index is 441. The fraction of sp³-hybridized carbons (Fsp3) is 0.667. The van der Waals surface area contributed by atoms with Gasteiger partial charge in [-0.15, -0.1) is 0 Å². The van der Waals surface area contributed by atoms with Crippen LogP contribution in [-0.2, 0) is 6.42 Å². The number of anilines is 1. The molecule has 1 fully saturated rings. The highest BCUT2D eigenvalue weighted by atomic mass is 35.5. The summed E-state index contributed by atoms with van der Waals surface area (Å²) in [4.78, 5) is 2.56. The molecular formula is C18H29ClN2. The Morgan fingerprint density at radius 3 is 2.57 bits per heavy atom. The fourth-order valence-electron chi connectivity index (χ4n) is 3.44. The normalized spacial score (nSPS) is 17.7. The first-order valence-corrected chi connectivity index (χ1v) is 8.84. The predicted octanol–water partition coefficient (Wildman–Crippen LogP) is 4.78. The van der Waals surface area contributed by atoms with E-state index in [0.29, 0.717) is 6.04 Å². The lowest BCUT2D eigenvalue weighted by atomic mass is 9.92. The highest BCUT2D eigenvalue weighted by molar-refractivity contribution is 6.31. The van der Waals surface area contributed by atoms with E-state index in [9.17, 15) is 0 Å². The van der Waals surface area contributed by atoms with Gasteiger partial charge in [-0.05, 0) is 50.3 Å². The van der Waals surface area contributed by atoms with Crippen molar-refractivity contribution in [3.8, 4) is 0 Å². The summed E-state index contributed by atoms with van der Waals surface area (Å²) in [5.74, 6) is 0. The van der Waals surface area contributed by atoms with Crippen molar-refractivity contribution in [2.45, 2.75) is 70.9 Å². The van der Waals surface area contributed by atoms with Crippen LogP contribution in [0.1, 0.15) is 57.9 Å². The fourth-order valence-corrected chi connectivity index (χ4v) is 3.69. The molecule has 3 heteroatoms. The number of halogens is 1. The molecule has 1 aromatic rings. The second-order valence-corrected chi connectivity index (χ2v) is 6.60. The van der Waals surface area contributed by atoms with Crippen LogP contribution >= 0.6 is 11.6 Å². The topological polar surface area (TPSA) is 29.3 Å². The van der Waals surface area contributed by atoms with Crippen LogP contribution in [0, 0.1) is 0 Å². The maximum Gasteiger partial charge on any atom is 0.0459 e. The number of hydrogen-bond acceptors (Lipinski definition) is 2. The Labute approximate surface area is 134 Å². The predicted molar refractivity (Wildman–Crippen MR) is 93.3 cm³/mol. The minimum Gasteiger partial charge on any atom is -0.369 e. The minimum atomic E-state index is 0.189. The average Bonchev–Trinajstić information content (AvgIpc) is 2.52. The molecule has 2 rings (SSSR count). The van der Waals surface area contributed by atoms with Crippen molar-refractivity contribution in [1.29, 1.82) is 0 Å². The number of rotatable bonds is 6. The van der Waals surface area contributed by atoms with Gasteiger partial charge in [0.2, 0.25) is 0 Å². The lowest BCUT2D eigenvalue weighted by molar-refractivity contribution is 0.417. The molecule has 1 aromatic carbocycles. The summed E-state index contributed by atoms with van der Waals surface area (Å²) in [6.07, 6.45) is 8.56. The van der Waals surface area contributed by atoms with Crippen molar-refractivity contribution in [2.24, 2.45) is 5.73 Å². The van der Waals surface area contributed by atoms with Gasteiger partial charge in [-0.25, -0.2) is 0 Å². The summed E-state index contributed by atoms with van der Waals surface area (Å²) < 4.78 is 0. The van der Waals surface area contributed by atoms with Crippen molar-refractivity contribution in [2.75, 3.05) is 11.4 Å². The van der Waals surface area contributed by atoms with E-state index in [-0.39, 0.29) is 6.04 Å². The summed E-state index contributed by atoms with van der Waals surface area (Å²) in [5.41, 5.74) is 8.73. The number of nitrogens with zero attached hydrogens (tertiary/aromatic N) is 1. The SMILES string of the molecule is CCC(N)Cc1c(Cl)cccc1N(CC)C1CCCCC1. The molecule has 0 heterocycles.